The van der Waals surface area contributed by atoms with E-state index in [1.54, 1.807) is 18.8 Å². The van der Waals surface area contributed by atoms with Crippen LogP contribution in [-0.4, -0.2) is 39.0 Å². The predicted octanol–water partition coefficient (Wildman–Crippen LogP) is 3.37. The fraction of sp³-hybridized carbons (Fsp3) is 0.400. The third-order valence-electron chi connectivity index (χ3n) is 5.04. The van der Waals surface area contributed by atoms with Crippen LogP contribution in [0.2, 0.25) is 0 Å². The smallest absolute Gasteiger partial charge is 0.223 e. The van der Waals surface area contributed by atoms with E-state index >= 15 is 0 Å². The summed E-state index contributed by atoms with van der Waals surface area (Å²) in [6.07, 6.45) is 7.88. The van der Waals surface area contributed by atoms with Crippen LogP contribution in [0.3, 0.4) is 0 Å². The number of amides is 1. The Bertz CT molecular complexity index is 896. The molecular formula is C20H22N4O3. The maximum atomic E-state index is 12.5. The number of carbonyl (C=O) groups excluding carboxylic acids is 1. The Morgan fingerprint density at radius 1 is 1.33 bits per heavy atom. The lowest BCUT2D eigenvalue weighted by atomic mass is 9.90. The predicted molar refractivity (Wildman–Crippen MR) is 97.9 cm³/mol. The summed E-state index contributed by atoms with van der Waals surface area (Å²) >= 11 is 0. The number of aromatic nitrogens is 3. The lowest BCUT2D eigenvalue weighted by Gasteiger charge is -2.32. The van der Waals surface area contributed by atoms with Gasteiger partial charge in [-0.25, -0.2) is 9.97 Å². The molecule has 0 atom stereocenters. The van der Waals surface area contributed by atoms with Crippen LogP contribution < -0.4 is 0 Å². The van der Waals surface area contributed by atoms with Crippen molar-refractivity contribution in [2.24, 2.45) is 0 Å². The molecule has 7 heteroatoms. The number of furan rings is 1. The Morgan fingerprint density at radius 3 is 2.89 bits per heavy atom. The second-order valence-electron chi connectivity index (χ2n) is 6.89. The topological polar surface area (TPSA) is 85.3 Å². The first-order valence-electron chi connectivity index (χ1n) is 9.24. The van der Waals surface area contributed by atoms with Crippen LogP contribution in [0, 0.1) is 6.92 Å². The molecule has 0 bridgehead atoms. The highest BCUT2D eigenvalue weighted by Gasteiger charge is 2.27. The summed E-state index contributed by atoms with van der Waals surface area (Å²) in [5, 5.41) is 3.96. The maximum absolute atomic E-state index is 12.5. The van der Waals surface area contributed by atoms with Crippen molar-refractivity contribution in [2.75, 3.05) is 13.1 Å². The first kappa shape index (κ1) is 17.5. The molecule has 140 valence electrons. The number of aryl methyl sites for hydroxylation is 2. The SMILES string of the molecule is Cc1cc(-c2cncnc2C2CCN(C(=O)CCc3ccco3)CC2)on1. The number of carbonyl (C=O) groups is 1. The fourth-order valence-electron chi connectivity index (χ4n) is 3.59. The van der Waals surface area contributed by atoms with E-state index in [0.717, 1.165) is 48.6 Å². The van der Waals surface area contributed by atoms with Gasteiger partial charge in [-0.3, -0.25) is 4.79 Å². The summed E-state index contributed by atoms with van der Waals surface area (Å²) in [6, 6.07) is 5.65. The van der Waals surface area contributed by atoms with Gasteiger partial charge in [-0.2, -0.15) is 0 Å². The zero-order chi connectivity index (χ0) is 18.6. The van der Waals surface area contributed by atoms with Crippen LogP contribution in [0.15, 0.2) is 45.9 Å². The Labute approximate surface area is 157 Å². The molecule has 7 nitrogen and oxygen atoms in total. The van der Waals surface area contributed by atoms with E-state index in [4.69, 9.17) is 8.94 Å². The molecule has 0 aliphatic carbocycles. The van der Waals surface area contributed by atoms with Crippen LogP contribution in [0.1, 0.15) is 42.3 Å². The van der Waals surface area contributed by atoms with E-state index in [0.29, 0.717) is 18.6 Å². The first-order chi connectivity index (χ1) is 13.2. The average Bonchev–Trinajstić information content (AvgIpc) is 3.38. The number of nitrogens with zero attached hydrogens (tertiary/aromatic N) is 4. The van der Waals surface area contributed by atoms with Gasteiger partial charge in [0.25, 0.3) is 0 Å². The largest absolute Gasteiger partial charge is 0.469 e. The molecule has 3 aromatic heterocycles. The second-order valence-corrected chi connectivity index (χ2v) is 6.89. The monoisotopic (exact) mass is 366 g/mol. The van der Waals surface area contributed by atoms with Crippen LogP contribution >= 0.6 is 0 Å². The zero-order valence-electron chi connectivity index (χ0n) is 15.3. The fourth-order valence-corrected chi connectivity index (χ4v) is 3.59. The van der Waals surface area contributed by atoms with Gasteiger partial charge in [0.1, 0.15) is 12.1 Å². The standard InChI is InChI=1S/C20H22N4O3/c1-14-11-18(27-23-14)17-12-21-13-22-20(17)15-6-8-24(9-7-15)19(25)5-4-16-3-2-10-26-16/h2-3,10-13,15H,4-9H2,1H3. The molecule has 0 aromatic carbocycles. The zero-order valence-corrected chi connectivity index (χ0v) is 15.3. The van der Waals surface area contributed by atoms with E-state index < -0.39 is 0 Å². The van der Waals surface area contributed by atoms with Crippen molar-refractivity contribution in [2.45, 2.75) is 38.5 Å². The highest BCUT2D eigenvalue weighted by molar-refractivity contribution is 5.76. The van der Waals surface area contributed by atoms with Gasteiger partial charge in [-0.15, -0.1) is 0 Å². The van der Waals surface area contributed by atoms with E-state index in [-0.39, 0.29) is 11.8 Å². The Kier molecular flexibility index (Phi) is 5.00. The summed E-state index contributed by atoms with van der Waals surface area (Å²) in [4.78, 5) is 23.1. The maximum Gasteiger partial charge on any atom is 0.223 e. The number of rotatable bonds is 5. The van der Waals surface area contributed by atoms with E-state index in [1.165, 1.54) is 0 Å². The van der Waals surface area contributed by atoms with Crippen molar-refractivity contribution in [3.05, 3.63) is 54.1 Å². The highest BCUT2D eigenvalue weighted by atomic mass is 16.5. The Balaban J connectivity index is 1.39. The quantitative estimate of drug-likeness (QED) is 0.688. The van der Waals surface area contributed by atoms with Crippen LogP contribution in [-0.2, 0) is 11.2 Å². The number of hydrogen-bond donors (Lipinski definition) is 0. The second kappa shape index (κ2) is 7.73. The first-order valence-corrected chi connectivity index (χ1v) is 9.24. The molecule has 0 unspecified atom stereocenters. The summed E-state index contributed by atoms with van der Waals surface area (Å²) < 4.78 is 10.7. The number of hydrogen-bond acceptors (Lipinski definition) is 6. The molecule has 0 radical (unpaired) electrons. The number of likely N-dealkylation sites (tertiary alicyclic amines) is 1. The normalized spacial score (nSPS) is 15.2. The van der Waals surface area contributed by atoms with Crippen LogP contribution in [0.5, 0.6) is 0 Å². The minimum atomic E-state index is 0.179. The third kappa shape index (κ3) is 3.92. The molecule has 1 amide bonds. The van der Waals surface area contributed by atoms with Crippen molar-refractivity contribution < 1.29 is 13.7 Å². The van der Waals surface area contributed by atoms with Crippen molar-refractivity contribution in [1.82, 2.24) is 20.0 Å². The van der Waals surface area contributed by atoms with Gasteiger partial charge in [-0.1, -0.05) is 5.16 Å². The molecular weight excluding hydrogens is 344 g/mol. The van der Waals surface area contributed by atoms with E-state index in [9.17, 15) is 4.79 Å². The molecule has 4 rings (SSSR count). The lowest BCUT2D eigenvalue weighted by molar-refractivity contribution is -0.132. The van der Waals surface area contributed by atoms with Crippen LogP contribution in [0.4, 0.5) is 0 Å². The van der Waals surface area contributed by atoms with Crippen molar-refractivity contribution >= 4 is 5.91 Å². The molecule has 1 aliphatic rings. The molecule has 0 N–H and O–H groups in total. The minimum Gasteiger partial charge on any atom is -0.469 e. The summed E-state index contributed by atoms with van der Waals surface area (Å²) in [6.45, 7) is 3.37. The summed E-state index contributed by atoms with van der Waals surface area (Å²) in [7, 11) is 0. The Hall–Kier alpha value is -2.96. The van der Waals surface area contributed by atoms with Crippen LogP contribution in [0.25, 0.3) is 11.3 Å². The van der Waals surface area contributed by atoms with Crippen molar-refractivity contribution in [3.63, 3.8) is 0 Å². The van der Waals surface area contributed by atoms with E-state index in [1.807, 2.05) is 30.0 Å². The molecule has 1 saturated heterocycles. The summed E-state index contributed by atoms with van der Waals surface area (Å²) in [5.41, 5.74) is 2.70. The Morgan fingerprint density at radius 2 is 2.19 bits per heavy atom. The van der Waals surface area contributed by atoms with Gasteiger partial charge < -0.3 is 13.8 Å². The van der Waals surface area contributed by atoms with Gasteiger partial charge in [0, 0.05) is 44.1 Å². The molecule has 1 fully saturated rings. The molecule has 0 saturated carbocycles. The molecule has 27 heavy (non-hydrogen) atoms. The molecule has 1 aliphatic heterocycles. The molecule has 0 spiro atoms. The highest BCUT2D eigenvalue weighted by Crippen LogP contribution is 2.33. The van der Waals surface area contributed by atoms with E-state index in [2.05, 4.69) is 15.1 Å². The van der Waals surface area contributed by atoms with Crippen molar-refractivity contribution in [1.29, 1.82) is 0 Å². The van der Waals surface area contributed by atoms with Gasteiger partial charge in [0.05, 0.1) is 23.2 Å². The molecule has 4 heterocycles. The lowest BCUT2D eigenvalue weighted by Crippen LogP contribution is -2.38. The van der Waals surface area contributed by atoms with Gasteiger partial charge in [-0.05, 0) is 31.9 Å². The molecule has 3 aromatic rings. The minimum absolute atomic E-state index is 0.179. The number of piperidine rings is 1. The average molecular weight is 366 g/mol. The summed E-state index contributed by atoms with van der Waals surface area (Å²) in [5.74, 6) is 2.01. The van der Waals surface area contributed by atoms with Crippen molar-refractivity contribution in [3.8, 4) is 11.3 Å². The van der Waals surface area contributed by atoms with Gasteiger partial charge in [0.2, 0.25) is 5.91 Å². The third-order valence-corrected chi connectivity index (χ3v) is 5.04. The van der Waals surface area contributed by atoms with Gasteiger partial charge >= 0.3 is 0 Å². The van der Waals surface area contributed by atoms with Gasteiger partial charge in [0.15, 0.2) is 5.76 Å².